The Kier molecular flexibility index (Phi) is 3.78. The zero-order valence-electron chi connectivity index (χ0n) is 13.8. The second kappa shape index (κ2) is 5.51. The fourth-order valence-corrected chi connectivity index (χ4v) is 4.14. The second-order valence-corrected chi connectivity index (χ2v) is 6.90. The number of hydrogen-bond acceptors (Lipinski definition) is 3. The second-order valence-electron chi connectivity index (χ2n) is 6.90. The number of imide groups is 1. The molecule has 124 valence electrons. The smallest absolute Gasteiger partial charge is 0.327 e. The third-order valence-corrected chi connectivity index (χ3v) is 5.68. The molecule has 0 spiro atoms. The van der Waals surface area contributed by atoms with Crippen LogP contribution >= 0.6 is 0 Å². The first-order valence-corrected chi connectivity index (χ1v) is 8.13. The van der Waals surface area contributed by atoms with E-state index < -0.39 is 5.54 Å². The lowest BCUT2D eigenvalue weighted by Crippen LogP contribution is -2.52. The number of rotatable bonds is 4. The summed E-state index contributed by atoms with van der Waals surface area (Å²) in [5, 5.41) is 0. The highest BCUT2D eigenvalue weighted by atomic mass is 16.2. The van der Waals surface area contributed by atoms with Gasteiger partial charge in [0.25, 0.3) is 5.91 Å². The molecule has 1 saturated heterocycles. The molecule has 2 fully saturated rings. The number of carbonyl (C=O) groups excluding carboxylic acids is 3. The Balaban J connectivity index is 1.85. The lowest BCUT2D eigenvalue weighted by molar-refractivity contribution is -0.135. The van der Waals surface area contributed by atoms with Gasteiger partial charge in [-0.15, -0.1) is 0 Å². The third-order valence-electron chi connectivity index (χ3n) is 5.68. The van der Waals surface area contributed by atoms with E-state index in [4.69, 9.17) is 0 Å². The van der Waals surface area contributed by atoms with Crippen molar-refractivity contribution in [3.05, 3.63) is 24.0 Å². The number of H-pyrrole nitrogens is 1. The van der Waals surface area contributed by atoms with Crippen LogP contribution in [0.25, 0.3) is 0 Å². The highest BCUT2D eigenvalue weighted by Crippen LogP contribution is 2.45. The molecule has 1 aliphatic heterocycles. The number of carbonyl (C=O) groups is 3. The number of nitrogens with zero attached hydrogens (tertiary/aromatic N) is 2. The first-order valence-electron chi connectivity index (χ1n) is 8.13. The van der Waals surface area contributed by atoms with Crippen molar-refractivity contribution in [1.29, 1.82) is 0 Å². The lowest BCUT2D eigenvalue weighted by Gasteiger charge is -2.36. The standard InChI is InChI=1S/C17H23N3O3/c1-11-6-4-7-12(11)17(2)15(22)20(16(23)19(17)3)10-14(21)13-8-5-9-18-13/h5,8-9,11-12,18H,4,6-7,10H2,1-3H3. The van der Waals surface area contributed by atoms with Crippen LogP contribution in [-0.4, -0.2) is 51.6 Å². The summed E-state index contributed by atoms with van der Waals surface area (Å²) in [6.07, 6.45) is 4.76. The van der Waals surface area contributed by atoms with Crippen LogP contribution in [0.5, 0.6) is 0 Å². The van der Waals surface area contributed by atoms with Crippen molar-refractivity contribution in [3.8, 4) is 0 Å². The molecule has 1 N–H and O–H groups in total. The predicted octanol–water partition coefficient (Wildman–Crippen LogP) is 2.29. The zero-order valence-corrected chi connectivity index (χ0v) is 13.8. The van der Waals surface area contributed by atoms with Gasteiger partial charge in [-0.05, 0) is 37.3 Å². The largest absolute Gasteiger partial charge is 0.359 e. The number of ketones is 1. The summed E-state index contributed by atoms with van der Waals surface area (Å²) in [4.78, 5) is 43.3. The summed E-state index contributed by atoms with van der Waals surface area (Å²) >= 11 is 0. The zero-order chi connectivity index (χ0) is 16.8. The normalized spacial score (nSPS) is 31.3. The van der Waals surface area contributed by atoms with Crippen LogP contribution in [-0.2, 0) is 4.79 Å². The molecule has 2 heterocycles. The SMILES string of the molecule is CC1CCCC1C1(C)C(=O)N(CC(=O)c2ccc[nH]2)C(=O)N1C. The van der Waals surface area contributed by atoms with Crippen LogP contribution in [0.1, 0.15) is 43.6 Å². The maximum atomic E-state index is 13.0. The summed E-state index contributed by atoms with van der Waals surface area (Å²) < 4.78 is 0. The molecular formula is C17H23N3O3. The van der Waals surface area contributed by atoms with Gasteiger partial charge in [0, 0.05) is 13.2 Å². The van der Waals surface area contributed by atoms with Crippen molar-refractivity contribution in [2.75, 3.05) is 13.6 Å². The van der Waals surface area contributed by atoms with Gasteiger partial charge in [0.05, 0.1) is 12.2 Å². The van der Waals surface area contributed by atoms with Crippen LogP contribution < -0.4 is 0 Å². The van der Waals surface area contributed by atoms with Crippen LogP contribution in [0.4, 0.5) is 4.79 Å². The number of urea groups is 1. The van der Waals surface area contributed by atoms with Crippen molar-refractivity contribution < 1.29 is 14.4 Å². The minimum absolute atomic E-state index is 0.148. The Labute approximate surface area is 135 Å². The molecule has 3 rings (SSSR count). The van der Waals surface area contributed by atoms with E-state index in [0.717, 1.165) is 24.2 Å². The van der Waals surface area contributed by atoms with Crippen LogP contribution in [0.3, 0.4) is 0 Å². The Morgan fingerprint density at radius 2 is 2.13 bits per heavy atom. The Morgan fingerprint density at radius 3 is 2.70 bits per heavy atom. The lowest BCUT2D eigenvalue weighted by atomic mass is 9.78. The number of amides is 3. The van der Waals surface area contributed by atoms with E-state index >= 15 is 0 Å². The Morgan fingerprint density at radius 1 is 1.39 bits per heavy atom. The quantitative estimate of drug-likeness (QED) is 0.684. The van der Waals surface area contributed by atoms with E-state index in [9.17, 15) is 14.4 Å². The summed E-state index contributed by atoms with van der Waals surface area (Å²) in [5.41, 5.74) is -0.431. The monoisotopic (exact) mass is 317 g/mol. The Bertz CT molecular complexity index is 640. The first-order chi connectivity index (χ1) is 10.9. The van der Waals surface area contributed by atoms with Gasteiger partial charge in [0.15, 0.2) is 5.78 Å². The van der Waals surface area contributed by atoms with E-state index in [1.807, 2.05) is 6.92 Å². The minimum Gasteiger partial charge on any atom is -0.359 e. The molecule has 3 amide bonds. The fraction of sp³-hybridized carbons (Fsp3) is 0.588. The number of nitrogens with one attached hydrogen (secondary N) is 1. The van der Waals surface area contributed by atoms with Gasteiger partial charge in [0.2, 0.25) is 0 Å². The summed E-state index contributed by atoms with van der Waals surface area (Å²) in [7, 11) is 1.67. The minimum atomic E-state index is -0.844. The van der Waals surface area contributed by atoms with Crippen LogP contribution in [0, 0.1) is 11.8 Å². The molecule has 1 aromatic rings. The predicted molar refractivity (Wildman–Crippen MR) is 84.9 cm³/mol. The van der Waals surface area contributed by atoms with Crippen molar-refractivity contribution in [2.24, 2.45) is 11.8 Å². The number of aromatic amines is 1. The van der Waals surface area contributed by atoms with Gasteiger partial charge in [-0.2, -0.15) is 0 Å². The summed E-state index contributed by atoms with van der Waals surface area (Å²) in [5.74, 6) is 0.0466. The molecule has 6 heteroatoms. The molecule has 23 heavy (non-hydrogen) atoms. The van der Waals surface area contributed by atoms with Crippen molar-refractivity contribution in [2.45, 2.75) is 38.6 Å². The summed E-state index contributed by atoms with van der Waals surface area (Å²) in [6, 6.07) is 2.99. The average molecular weight is 317 g/mol. The number of Topliss-reactive ketones (excluding diaryl/α,β-unsaturated/α-hetero) is 1. The number of aromatic nitrogens is 1. The molecule has 1 saturated carbocycles. The van der Waals surface area contributed by atoms with Gasteiger partial charge < -0.3 is 9.88 Å². The highest BCUT2D eigenvalue weighted by molar-refractivity contribution is 6.10. The van der Waals surface area contributed by atoms with Crippen LogP contribution in [0.2, 0.25) is 0 Å². The maximum Gasteiger partial charge on any atom is 0.327 e. The average Bonchev–Trinajstić information content (AvgIpc) is 3.23. The molecule has 3 unspecified atom stereocenters. The molecule has 0 aromatic carbocycles. The van der Waals surface area contributed by atoms with Crippen molar-refractivity contribution in [1.82, 2.24) is 14.8 Å². The van der Waals surface area contributed by atoms with Crippen LogP contribution in [0.15, 0.2) is 18.3 Å². The molecule has 0 radical (unpaired) electrons. The molecule has 1 aromatic heterocycles. The van der Waals surface area contributed by atoms with E-state index in [1.165, 1.54) is 4.90 Å². The number of hydrogen-bond donors (Lipinski definition) is 1. The maximum absolute atomic E-state index is 13.0. The molecule has 6 nitrogen and oxygen atoms in total. The van der Waals surface area contributed by atoms with E-state index in [-0.39, 0.29) is 30.2 Å². The highest BCUT2D eigenvalue weighted by Gasteiger charge is 2.58. The van der Waals surface area contributed by atoms with E-state index in [0.29, 0.717) is 11.6 Å². The molecule has 1 aliphatic carbocycles. The van der Waals surface area contributed by atoms with E-state index in [1.54, 1.807) is 25.4 Å². The van der Waals surface area contributed by atoms with Crippen molar-refractivity contribution >= 4 is 17.7 Å². The van der Waals surface area contributed by atoms with Gasteiger partial charge in [-0.3, -0.25) is 14.5 Å². The third kappa shape index (κ3) is 2.28. The van der Waals surface area contributed by atoms with E-state index in [2.05, 4.69) is 11.9 Å². The Hall–Kier alpha value is -2.11. The fourth-order valence-electron chi connectivity index (χ4n) is 4.14. The first kappa shape index (κ1) is 15.8. The molecule has 2 aliphatic rings. The topological polar surface area (TPSA) is 73.5 Å². The van der Waals surface area contributed by atoms with Gasteiger partial charge >= 0.3 is 6.03 Å². The molecule has 0 bridgehead atoms. The number of likely N-dealkylation sites (N-methyl/N-ethyl adjacent to an activating group) is 1. The van der Waals surface area contributed by atoms with Crippen molar-refractivity contribution in [3.63, 3.8) is 0 Å². The van der Waals surface area contributed by atoms with Gasteiger partial charge in [0.1, 0.15) is 5.54 Å². The molecular weight excluding hydrogens is 294 g/mol. The van der Waals surface area contributed by atoms with Gasteiger partial charge in [-0.25, -0.2) is 4.79 Å². The molecule has 3 atom stereocenters. The summed E-state index contributed by atoms with van der Waals surface area (Å²) in [6.45, 7) is 3.78. The van der Waals surface area contributed by atoms with Gasteiger partial charge in [-0.1, -0.05) is 19.8 Å².